The molecule has 1 aromatic carbocycles. The number of hydrogen-bond donors (Lipinski definition) is 1. The molecule has 0 radical (unpaired) electrons. The molecule has 0 aliphatic carbocycles. The number of pyridine rings is 1. The second-order valence-corrected chi connectivity index (χ2v) is 6.08. The lowest BCUT2D eigenvalue weighted by Gasteiger charge is -2.22. The van der Waals surface area contributed by atoms with E-state index < -0.39 is 5.97 Å². The van der Waals surface area contributed by atoms with Crippen LogP contribution in [0, 0.1) is 0 Å². The zero-order chi connectivity index (χ0) is 19.8. The number of rotatable bonds is 7. The van der Waals surface area contributed by atoms with Gasteiger partial charge in [0.1, 0.15) is 0 Å². The first-order valence-corrected chi connectivity index (χ1v) is 8.62. The van der Waals surface area contributed by atoms with Crippen LogP contribution in [0.15, 0.2) is 42.6 Å². The molecular weight excluding hydrogens is 370 g/mol. The number of carbonyl (C=O) groups excluding carboxylic acids is 3. The van der Waals surface area contributed by atoms with E-state index in [4.69, 9.17) is 11.6 Å². The summed E-state index contributed by atoms with van der Waals surface area (Å²) in [6.07, 6.45) is 1.72. The molecule has 0 fully saturated rings. The van der Waals surface area contributed by atoms with Crippen LogP contribution in [-0.2, 0) is 20.9 Å². The molecule has 7 nitrogen and oxygen atoms in total. The maximum absolute atomic E-state index is 12.1. The van der Waals surface area contributed by atoms with E-state index in [1.807, 2.05) is 6.07 Å². The molecule has 0 aliphatic heterocycles. The number of esters is 1. The smallest absolute Gasteiger partial charge is 0.337 e. The number of anilines is 1. The summed E-state index contributed by atoms with van der Waals surface area (Å²) in [6, 6.07) is 9.93. The van der Waals surface area contributed by atoms with Gasteiger partial charge < -0.3 is 15.0 Å². The number of aromatic nitrogens is 1. The Morgan fingerprint density at radius 3 is 2.63 bits per heavy atom. The number of halogens is 1. The van der Waals surface area contributed by atoms with Gasteiger partial charge in [-0.1, -0.05) is 17.7 Å². The van der Waals surface area contributed by atoms with E-state index in [9.17, 15) is 14.4 Å². The lowest BCUT2D eigenvalue weighted by molar-refractivity contribution is -0.121. The Hall–Kier alpha value is -2.93. The van der Waals surface area contributed by atoms with Crippen molar-refractivity contribution in [2.75, 3.05) is 18.6 Å². The second-order valence-electron chi connectivity index (χ2n) is 5.68. The first kappa shape index (κ1) is 20.4. The van der Waals surface area contributed by atoms with Gasteiger partial charge in [0.05, 0.1) is 35.6 Å². The molecule has 1 heterocycles. The Bertz CT molecular complexity index is 827. The summed E-state index contributed by atoms with van der Waals surface area (Å²) in [6.45, 7) is 1.79. The molecule has 142 valence electrons. The number of benzene rings is 1. The van der Waals surface area contributed by atoms with Crippen molar-refractivity contribution in [1.29, 1.82) is 0 Å². The fourth-order valence-electron chi connectivity index (χ4n) is 2.41. The average Bonchev–Trinajstić information content (AvgIpc) is 2.67. The molecular formula is C19H20ClN3O4. The number of nitrogens with one attached hydrogen (secondary N) is 1. The van der Waals surface area contributed by atoms with Gasteiger partial charge in [-0.2, -0.15) is 0 Å². The van der Waals surface area contributed by atoms with Crippen LogP contribution >= 0.6 is 11.6 Å². The van der Waals surface area contributed by atoms with E-state index in [1.54, 1.807) is 18.3 Å². The maximum Gasteiger partial charge on any atom is 0.337 e. The summed E-state index contributed by atoms with van der Waals surface area (Å²) in [4.78, 5) is 41.3. The first-order valence-electron chi connectivity index (χ1n) is 8.25. The van der Waals surface area contributed by atoms with Crippen LogP contribution in [-0.4, -0.2) is 36.4 Å². The lowest BCUT2D eigenvalue weighted by Crippen LogP contribution is -2.34. The molecule has 0 bridgehead atoms. The van der Waals surface area contributed by atoms with Crippen molar-refractivity contribution < 1.29 is 19.1 Å². The molecule has 1 aromatic heterocycles. The normalized spacial score (nSPS) is 10.2. The Labute approximate surface area is 162 Å². The Kier molecular flexibility index (Phi) is 7.31. The topological polar surface area (TPSA) is 88.6 Å². The summed E-state index contributed by atoms with van der Waals surface area (Å²) in [5.41, 5.74) is 1.36. The van der Waals surface area contributed by atoms with Crippen molar-refractivity contribution in [2.24, 2.45) is 0 Å². The average molecular weight is 390 g/mol. The molecule has 2 aromatic rings. The fourth-order valence-corrected chi connectivity index (χ4v) is 2.63. The third kappa shape index (κ3) is 5.79. The summed E-state index contributed by atoms with van der Waals surface area (Å²) in [5, 5.41) is 3.05. The Balaban J connectivity index is 2.04. The van der Waals surface area contributed by atoms with Crippen molar-refractivity contribution >= 4 is 35.1 Å². The highest BCUT2D eigenvalue weighted by atomic mass is 35.5. The van der Waals surface area contributed by atoms with E-state index in [-0.39, 0.29) is 30.3 Å². The first-order chi connectivity index (χ1) is 12.9. The summed E-state index contributed by atoms with van der Waals surface area (Å²) < 4.78 is 4.69. The van der Waals surface area contributed by atoms with Crippen molar-refractivity contribution in [3.05, 3.63) is 58.9 Å². The van der Waals surface area contributed by atoms with Crippen LogP contribution in [0.2, 0.25) is 5.02 Å². The van der Waals surface area contributed by atoms with E-state index in [2.05, 4.69) is 15.0 Å². The number of nitrogens with zero attached hydrogens (tertiary/aromatic N) is 2. The van der Waals surface area contributed by atoms with Gasteiger partial charge in [-0.05, 0) is 30.3 Å². The van der Waals surface area contributed by atoms with Gasteiger partial charge in [0.15, 0.2) is 0 Å². The third-order valence-electron chi connectivity index (χ3n) is 3.79. The molecule has 2 amide bonds. The quantitative estimate of drug-likeness (QED) is 0.735. The van der Waals surface area contributed by atoms with Gasteiger partial charge in [0, 0.05) is 26.1 Å². The zero-order valence-corrected chi connectivity index (χ0v) is 15.8. The molecule has 8 heteroatoms. The van der Waals surface area contributed by atoms with E-state index >= 15 is 0 Å². The van der Waals surface area contributed by atoms with Gasteiger partial charge >= 0.3 is 5.97 Å². The minimum absolute atomic E-state index is 0.0746. The number of methoxy groups -OCH3 is 1. The molecule has 1 N–H and O–H groups in total. The van der Waals surface area contributed by atoms with E-state index in [0.717, 1.165) is 5.69 Å². The van der Waals surface area contributed by atoms with Crippen LogP contribution in [0.4, 0.5) is 5.69 Å². The number of hydrogen-bond acceptors (Lipinski definition) is 5. The highest BCUT2D eigenvalue weighted by Gasteiger charge is 2.18. The molecule has 0 saturated carbocycles. The fraction of sp³-hybridized carbons (Fsp3) is 0.263. The SMILES string of the molecule is COC(=O)c1ccc(Cl)c(N(CCC(=O)NCc2ccccn2)C(C)=O)c1. The highest BCUT2D eigenvalue weighted by Crippen LogP contribution is 2.28. The van der Waals surface area contributed by atoms with Crippen molar-refractivity contribution in [2.45, 2.75) is 19.9 Å². The molecule has 0 aliphatic rings. The van der Waals surface area contributed by atoms with Gasteiger partial charge in [0.25, 0.3) is 0 Å². The largest absolute Gasteiger partial charge is 0.465 e. The lowest BCUT2D eigenvalue weighted by atomic mass is 10.1. The van der Waals surface area contributed by atoms with E-state index in [1.165, 1.54) is 37.1 Å². The predicted octanol–water partition coefficient (Wildman–Crippen LogP) is 2.58. The summed E-state index contributed by atoms with van der Waals surface area (Å²) in [7, 11) is 1.27. The van der Waals surface area contributed by atoms with Crippen LogP contribution in [0.1, 0.15) is 29.4 Å². The van der Waals surface area contributed by atoms with Crippen LogP contribution in [0.5, 0.6) is 0 Å². The van der Waals surface area contributed by atoms with Gasteiger partial charge in [-0.15, -0.1) is 0 Å². The third-order valence-corrected chi connectivity index (χ3v) is 4.11. The molecule has 2 rings (SSSR count). The van der Waals surface area contributed by atoms with Gasteiger partial charge in [0.2, 0.25) is 11.8 Å². The standard InChI is InChI=1S/C19H20ClN3O4/c1-13(24)23(17-11-14(19(26)27-2)6-7-16(17)20)10-8-18(25)22-12-15-5-3-4-9-21-15/h3-7,9,11H,8,10,12H2,1-2H3,(H,22,25). The minimum Gasteiger partial charge on any atom is -0.465 e. The molecule has 0 atom stereocenters. The molecule has 0 unspecified atom stereocenters. The van der Waals surface area contributed by atoms with Crippen molar-refractivity contribution in [3.63, 3.8) is 0 Å². The van der Waals surface area contributed by atoms with Crippen LogP contribution in [0.25, 0.3) is 0 Å². The number of ether oxygens (including phenoxy) is 1. The summed E-state index contributed by atoms with van der Waals surface area (Å²) >= 11 is 6.18. The number of carbonyl (C=O) groups is 3. The minimum atomic E-state index is -0.537. The van der Waals surface area contributed by atoms with Crippen LogP contribution < -0.4 is 10.2 Å². The van der Waals surface area contributed by atoms with Crippen molar-refractivity contribution in [3.8, 4) is 0 Å². The second kappa shape index (κ2) is 9.68. The molecule has 0 spiro atoms. The van der Waals surface area contributed by atoms with Gasteiger partial charge in [-0.25, -0.2) is 4.79 Å². The Morgan fingerprint density at radius 1 is 1.22 bits per heavy atom. The van der Waals surface area contributed by atoms with Crippen LogP contribution in [0.3, 0.4) is 0 Å². The molecule has 27 heavy (non-hydrogen) atoms. The number of amides is 2. The monoisotopic (exact) mass is 389 g/mol. The zero-order valence-electron chi connectivity index (χ0n) is 15.1. The predicted molar refractivity (Wildman–Crippen MR) is 102 cm³/mol. The Morgan fingerprint density at radius 2 is 2.00 bits per heavy atom. The summed E-state index contributed by atoms with van der Waals surface area (Å²) in [5.74, 6) is -1.06. The highest BCUT2D eigenvalue weighted by molar-refractivity contribution is 6.34. The van der Waals surface area contributed by atoms with E-state index in [0.29, 0.717) is 17.3 Å². The van der Waals surface area contributed by atoms with Gasteiger partial charge in [-0.3, -0.25) is 14.6 Å². The maximum atomic E-state index is 12.1. The van der Waals surface area contributed by atoms with Crippen molar-refractivity contribution in [1.82, 2.24) is 10.3 Å². The molecule has 0 saturated heterocycles.